The second-order valence-electron chi connectivity index (χ2n) is 1.13. The molecule has 0 rings (SSSR count). The summed E-state index contributed by atoms with van der Waals surface area (Å²) in [7, 11) is 0. The molecule has 0 radical (unpaired) electrons. The quantitative estimate of drug-likeness (QED) is 0.464. The zero-order valence-corrected chi connectivity index (χ0v) is 11.1. The molecule has 1 N–H and O–H groups in total. The minimum Gasteiger partial charge on any atom is -0.397 e. The van der Waals surface area contributed by atoms with E-state index in [1.165, 1.54) is 0 Å². The van der Waals surface area contributed by atoms with Crippen LogP contribution in [0.5, 0.6) is 0 Å². The molecule has 0 bridgehead atoms. The van der Waals surface area contributed by atoms with E-state index in [2.05, 4.69) is 6.92 Å². The van der Waals surface area contributed by atoms with Crippen LogP contribution in [0.2, 0.25) is 0 Å². The first-order chi connectivity index (χ1) is 3.83. The number of aliphatic hydroxyl groups is 1. The van der Waals surface area contributed by atoms with Gasteiger partial charge in [-0.3, -0.25) is 0 Å². The van der Waals surface area contributed by atoms with Crippen molar-refractivity contribution in [1.29, 1.82) is 0 Å². The van der Waals surface area contributed by atoms with E-state index < -0.39 is 0 Å². The number of carbonyl (C=O) groups excluding carboxylic acids is 1. The first-order valence-corrected chi connectivity index (χ1v) is 2.67. The summed E-state index contributed by atoms with van der Waals surface area (Å²) in [6.45, 7) is 5.37. The van der Waals surface area contributed by atoms with Crippen molar-refractivity contribution in [3.63, 3.8) is 0 Å². The molecular weight excluding hydrogens is 249 g/mol. The molecule has 0 aromatic rings. The van der Waals surface area contributed by atoms with Crippen LogP contribution < -0.4 is 0 Å². The molecule has 0 aromatic carbocycles. The average molecular weight is 263 g/mol. The van der Waals surface area contributed by atoms with E-state index >= 15 is 0 Å². The Morgan fingerprint density at radius 1 is 1.60 bits per heavy atom. The number of halogens is 1. The molecule has 0 aromatic heterocycles. The van der Waals surface area contributed by atoms with Gasteiger partial charge in [0.2, 0.25) is 0 Å². The number of rotatable bonds is 2. The van der Waals surface area contributed by atoms with Crippen LogP contribution in [0.15, 0.2) is 0 Å². The smallest absolute Gasteiger partial charge is 0.117 e. The summed E-state index contributed by atoms with van der Waals surface area (Å²) in [5.41, 5.74) is 0. The maximum absolute atomic E-state index is 9.36. The van der Waals surface area contributed by atoms with E-state index in [1.807, 2.05) is 0 Å². The zero-order valence-electron chi connectivity index (χ0n) is 6.38. The molecular formula is C6H14BrO2Zn-. The summed E-state index contributed by atoms with van der Waals surface area (Å²) >= 11 is 0. The Balaban J connectivity index is -0.0000000326. The summed E-state index contributed by atoms with van der Waals surface area (Å²) in [4.78, 5) is 9.36. The fourth-order valence-electron chi connectivity index (χ4n) is 0.0833. The van der Waals surface area contributed by atoms with E-state index in [9.17, 15) is 4.79 Å². The van der Waals surface area contributed by atoms with Crippen molar-refractivity contribution in [2.24, 2.45) is 0 Å². The van der Waals surface area contributed by atoms with E-state index in [-0.39, 0.29) is 43.1 Å². The predicted molar refractivity (Wildman–Crippen MR) is 43.7 cm³/mol. The van der Waals surface area contributed by atoms with Crippen LogP contribution in [-0.4, -0.2) is 18.0 Å². The maximum atomic E-state index is 9.36. The van der Waals surface area contributed by atoms with Gasteiger partial charge in [0.15, 0.2) is 0 Å². The summed E-state index contributed by atoms with van der Waals surface area (Å²) in [6, 6.07) is 0. The number of carbonyl (C=O) groups is 1. The van der Waals surface area contributed by atoms with Crippen LogP contribution in [0.3, 0.4) is 0 Å². The SMILES string of the molecule is Br.CCO.[CH2-]CCC=O.[Zn]. The van der Waals surface area contributed by atoms with Gasteiger partial charge in [-0.2, -0.15) is 6.42 Å². The van der Waals surface area contributed by atoms with Gasteiger partial charge in [0, 0.05) is 26.1 Å². The van der Waals surface area contributed by atoms with Gasteiger partial charge in [-0.15, -0.1) is 17.0 Å². The second kappa shape index (κ2) is 33.1. The summed E-state index contributed by atoms with van der Waals surface area (Å²) in [5.74, 6) is 0. The van der Waals surface area contributed by atoms with Crippen LogP contribution in [0.4, 0.5) is 0 Å². The van der Waals surface area contributed by atoms with E-state index in [0.29, 0.717) is 6.42 Å². The van der Waals surface area contributed by atoms with Gasteiger partial charge in [-0.1, -0.05) is 0 Å². The second-order valence-corrected chi connectivity index (χ2v) is 1.13. The van der Waals surface area contributed by atoms with Gasteiger partial charge in [0.25, 0.3) is 0 Å². The number of aliphatic hydroxyl groups excluding tert-OH is 1. The first kappa shape index (κ1) is 22.4. The summed E-state index contributed by atoms with van der Waals surface area (Å²) in [6.07, 6.45) is 2.19. The Hall–Kier alpha value is 0.733. The largest absolute Gasteiger partial charge is 0.397 e. The maximum Gasteiger partial charge on any atom is 0.117 e. The molecule has 10 heavy (non-hydrogen) atoms. The summed E-state index contributed by atoms with van der Waals surface area (Å²) < 4.78 is 0. The Labute approximate surface area is 85.9 Å². The first-order valence-electron chi connectivity index (χ1n) is 2.67. The van der Waals surface area contributed by atoms with Crippen molar-refractivity contribution in [3.05, 3.63) is 6.92 Å². The van der Waals surface area contributed by atoms with Crippen LogP contribution in [-0.2, 0) is 24.3 Å². The molecule has 2 nitrogen and oxygen atoms in total. The predicted octanol–water partition coefficient (Wildman–Crippen LogP) is 1.37. The van der Waals surface area contributed by atoms with Gasteiger partial charge in [-0.05, 0) is 13.3 Å². The van der Waals surface area contributed by atoms with E-state index in [4.69, 9.17) is 5.11 Å². The molecule has 0 aliphatic rings. The normalized spacial score (nSPS) is 5.50. The number of hydrogen-bond acceptors (Lipinski definition) is 2. The average Bonchev–Trinajstić information content (AvgIpc) is 1.71. The van der Waals surface area contributed by atoms with Gasteiger partial charge < -0.3 is 16.8 Å². The molecule has 0 unspecified atom stereocenters. The zero-order chi connectivity index (χ0) is 6.83. The fourth-order valence-corrected chi connectivity index (χ4v) is 0.0833. The number of unbranched alkanes of at least 4 members (excludes halogenated alkanes) is 1. The molecule has 0 saturated heterocycles. The van der Waals surface area contributed by atoms with Crippen LogP contribution in [0, 0.1) is 6.92 Å². The molecule has 0 heterocycles. The third-order valence-corrected chi connectivity index (χ3v) is 0.322. The number of aldehydes is 1. The molecule has 0 aliphatic heterocycles. The molecule has 0 aliphatic carbocycles. The van der Waals surface area contributed by atoms with E-state index in [0.717, 1.165) is 12.7 Å². The van der Waals surface area contributed by atoms with Crippen molar-refractivity contribution in [2.75, 3.05) is 6.61 Å². The van der Waals surface area contributed by atoms with Crippen molar-refractivity contribution >= 4 is 23.3 Å². The van der Waals surface area contributed by atoms with Crippen LogP contribution in [0.25, 0.3) is 0 Å². The molecule has 0 spiro atoms. The van der Waals surface area contributed by atoms with E-state index in [1.54, 1.807) is 6.92 Å². The molecule has 60 valence electrons. The van der Waals surface area contributed by atoms with Gasteiger partial charge in [0.05, 0.1) is 0 Å². The third kappa shape index (κ3) is 69.9. The molecule has 0 amide bonds. The Kier molecular flexibility index (Phi) is 74.3. The van der Waals surface area contributed by atoms with Crippen LogP contribution in [0.1, 0.15) is 19.8 Å². The summed E-state index contributed by atoms with van der Waals surface area (Å²) in [5, 5.41) is 7.57. The molecule has 0 atom stereocenters. The molecule has 0 saturated carbocycles. The van der Waals surface area contributed by atoms with Crippen LogP contribution >= 0.6 is 17.0 Å². The van der Waals surface area contributed by atoms with Crippen molar-refractivity contribution < 1.29 is 29.4 Å². The number of hydrogen-bond donors (Lipinski definition) is 1. The topological polar surface area (TPSA) is 37.3 Å². The van der Waals surface area contributed by atoms with Crippen molar-refractivity contribution in [2.45, 2.75) is 19.8 Å². The van der Waals surface area contributed by atoms with Gasteiger partial charge >= 0.3 is 0 Å². The monoisotopic (exact) mass is 261 g/mol. The minimum atomic E-state index is 0. The van der Waals surface area contributed by atoms with Gasteiger partial charge in [-0.25, -0.2) is 0 Å². The third-order valence-electron chi connectivity index (χ3n) is 0.322. The Morgan fingerprint density at radius 2 is 1.90 bits per heavy atom. The Bertz CT molecular complexity index is 44.7. The van der Waals surface area contributed by atoms with Crippen molar-refractivity contribution in [1.82, 2.24) is 0 Å². The van der Waals surface area contributed by atoms with Crippen molar-refractivity contribution in [3.8, 4) is 0 Å². The molecule has 4 heteroatoms. The van der Waals surface area contributed by atoms with Gasteiger partial charge in [0.1, 0.15) is 6.29 Å². The Morgan fingerprint density at radius 3 is 1.90 bits per heavy atom. The fraction of sp³-hybridized carbons (Fsp3) is 0.667. The molecule has 0 fully saturated rings. The minimum absolute atomic E-state index is 0. The standard InChI is InChI=1S/C4H7O.C2H6O.BrH.Zn/c1-2-3-4-5;1-2-3;;/h4H,1-3H2;3H,2H2,1H3;1H;/q-1;;;.